The number of hydrogen-bond acceptors (Lipinski definition) is 4. The number of para-hydroxylation sites is 1. The van der Waals surface area contributed by atoms with E-state index in [1.54, 1.807) is 29.3 Å². The van der Waals surface area contributed by atoms with Crippen molar-refractivity contribution in [2.45, 2.75) is 17.9 Å². The number of nitrogens with one attached hydrogen (secondary N) is 2. The third-order valence-electron chi connectivity index (χ3n) is 4.91. The van der Waals surface area contributed by atoms with Gasteiger partial charge in [0.1, 0.15) is 6.04 Å². The Hall–Kier alpha value is -3.17. The molecule has 25 heavy (non-hydrogen) atoms. The van der Waals surface area contributed by atoms with Gasteiger partial charge in [0.25, 0.3) is 5.91 Å². The van der Waals surface area contributed by atoms with Crippen LogP contribution in [-0.4, -0.2) is 29.4 Å². The zero-order valence-electron chi connectivity index (χ0n) is 13.4. The molecule has 1 saturated heterocycles. The second kappa shape index (κ2) is 5.72. The predicted molar refractivity (Wildman–Crippen MR) is 91.4 cm³/mol. The summed E-state index contributed by atoms with van der Waals surface area (Å²) in [5.74, 6) is -0.407. The number of amides is 2. The second-order valence-electron chi connectivity index (χ2n) is 6.37. The van der Waals surface area contributed by atoms with E-state index in [1.807, 2.05) is 30.3 Å². The molecule has 4 rings (SSSR count). The summed E-state index contributed by atoms with van der Waals surface area (Å²) in [7, 11) is 0. The first-order valence-corrected chi connectivity index (χ1v) is 8.07. The third-order valence-corrected chi connectivity index (χ3v) is 4.91. The normalized spacial score (nSPS) is 24.6. The van der Waals surface area contributed by atoms with Gasteiger partial charge < -0.3 is 5.32 Å². The third kappa shape index (κ3) is 2.37. The van der Waals surface area contributed by atoms with E-state index in [1.165, 1.54) is 0 Å². The standard InChI is InChI=1S/C19H16N4O2/c20-11-14-10-19(15-8-4-5-9-16(15)21-18(19)25)12-23(14)22-17(24)13-6-2-1-3-7-13/h1-9,14H,10,12H2,(H,21,25)(H,22,24)/t14-,19-/m0/s1. The molecule has 6 nitrogen and oxygen atoms in total. The Morgan fingerprint density at radius 3 is 2.68 bits per heavy atom. The van der Waals surface area contributed by atoms with Crippen molar-refractivity contribution in [2.24, 2.45) is 0 Å². The van der Waals surface area contributed by atoms with Gasteiger partial charge >= 0.3 is 0 Å². The maximum Gasteiger partial charge on any atom is 0.265 e. The van der Waals surface area contributed by atoms with Crippen LogP contribution in [-0.2, 0) is 10.2 Å². The van der Waals surface area contributed by atoms with Crippen molar-refractivity contribution in [3.63, 3.8) is 0 Å². The summed E-state index contributed by atoms with van der Waals surface area (Å²) >= 11 is 0. The first kappa shape index (κ1) is 15.4. The number of anilines is 1. The van der Waals surface area contributed by atoms with Crippen LogP contribution in [0.1, 0.15) is 22.3 Å². The van der Waals surface area contributed by atoms with Crippen LogP contribution >= 0.6 is 0 Å². The molecular weight excluding hydrogens is 316 g/mol. The largest absolute Gasteiger partial charge is 0.325 e. The van der Waals surface area contributed by atoms with E-state index in [0.29, 0.717) is 12.0 Å². The number of nitrogens with zero attached hydrogens (tertiary/aromatic N) is 2. The van der Waals surface area contributed by atoms with E-state index in [-0.39, 0.29) is 18.4 Å². The van der Waals surface area contributed by atoms with Crippen molar-refractivity contribution in [2.75, 3.05) is 11.9 Å². The topological polar surface area (TPSA) is 85.2 Å². The Balaban J connectivity index is 1.63. The summed E-state index contributed by atoms with van der Waals surface area (Å²) in [4.78, 5) is 25.1. The smallest absolute Gasteiger partial charge is 0.265 e. The molecule has 0 saturated carbocycles. The molecule has 124 valence electrons. The number of carbonyl (C=O) groups excluding carboxylic acids is 2. The molecule has 0 bridgehead atoms. The van der Waals surface area contributed by atoms with Gasteiger partial charge in [-0.2, -0.15) is 5.26 Å². The lowest BCUT2D eigenvalue weighted by atomic mass is 9.80. The van der Waals surface area contributed by atoms with Crippen molar-refractivity contribution in [3.05, 3.63) is 65.7 Å². The molecule has 1 spiro atoms. The lowest BCUT2D eigenvalue weighted by Gasteiger charge is -2.23. The molecular formula is C19H16N4O2. The van der Waals surface area contributed by atoms with Gasteiger partial charge in [-0.25, -0.2) is 5.01 Å². The van der Waals surface area contributed by atoms with Crippen LogP contribution in [0.5, 0.6) is 0 Å². The zero-order chi connectivity index (χ0) is 17.4. The van der Waals surface area contributed by atoms with Crippen LogP contribution in [0.2, 0.25) is 0 Å². The molecule has 2 amide bonds. The maximum atomic E-state index is 12.7. The molecule has 2 aliphatic heterocycles. The highest BCUT2D eigenvalue weighted by Crippen LogP contribution is 2.45. The molecule has 2 atom stereocenters. The highest BCUT2D eigenvalue weighted by Gasteiger charge is 2.55. The maximum absolute atomic E-state index is 12.7. The zero-order valence-corrected chi connectivity index (χ0v) is 13.4. The molecule has 2 aromatic rings. The van der Waals surface area contributed by atoms with Crippen molar-refractivity contribution in [1.29, 1.82) is 5.26 Å². The lowest BCUT2D eigenvalue weighted by Crippen LogP contribution is -2.46. The minimum atomic E-state index is -0.805. The fraction of sp³-hybridized carbons (Fsp3) is 0.211. The molecule has 1 fully saturated rings. The highest BCUT2D eigenvalue weighted by atomic mass is 16.2. The van der Waals surface area contributed by atoms with Crippen molar-refractivity contribution in [1.82, 2.24) is 10.4 Å². The van der Waals surface area contributed by atoms with Gasteiger partial charge in [-0.1, -0.05) is 36.4 Å². The summed E-state index contributed by atoms with van der Waals surface area (Å²) in [6, 6.07) is 18.0. The Kier molecular flexibility index (Phi) is 3.52. The van der Waals surface area contributed by atoms with E-state index in [2.05, 4.69) is 16.8 Å². The summed E-state index contributed by atoms with van der Waals surface area (Å²) in [6.07, 6.45) is 0.349. The number of carbonyl (C=O) groups is 2. The summed E-state index contributed by atoms with van der Waals surface area (Å²) < 4.78 is 0. The molecule has 2 aromatic carbocycles. The number of rotatable bonds is 2. The number of nitriles is 1. The molecule has 0 radical (unpaired) electrons. The van der Waals surface area contributed by atoms with Crippen LogP contribution in [0, 0.1) is 11.3 Å². The fourth-order valence-corrected chi connectivity index (χ4v) is 3.66. The Morgan fingerprint density at radius 1 is 1.20 bits per heavy atom. The molecule has 2 aliphatic rings. The molecule has 0 aromatic heterocycles. The molecule has 2 heterocycles. The average Bonchev–Trinajstić information content (AvgIpc) is 3.14. The lowest BCUT2D eigenvalue weighted by molar-refractivity contribution is -0.120. The first-order chi connectivity index (χ1) is 12.1. The van der Waals surface area contributed by atoms with Gasteiger partial charge in [-0.3, -0.25) is 15.0 Å². The van der Waals surface area contributed by atoms with E-state index >= 15 is 0 Å². The molecule has 0 unspecified atom stereocenters. The highest BCUT2D eigenvalue weighted by molar-refractivity contribution is 6.07. The summed E-state index contributed by atoms with van der Waals surface area (Å²) in [5.41, 5.74) is 4.16. The van der Waals surface area contributed by atoms with Gasteiger partial charge in [0.15, 0.2) is 0 Å². The molecule has 0 aliphatic carbocycles. The Bertz CT molecular complexity index is 890. The predicted octanol–water partition coefficient (Wildman–Crippen LogP) is 1.82. The van der Waals surface area contributed by atoms with Gasteiger partial charge in [0.05, 0.1) is 11.5 Å². The SMILES string of the molecule is N#C[C@@H]1C[C@@]2(CN1NC(=O)c1ccccc1)C(=O)Nc1ccccc12. The van der Waals surface area contributed by atoms with Gasteiger partial charge in [0.2, 0.25) is 5.91 Å². The van der Waals surface area contributed by atoms with Gasteiger partial charge in [0, 0.05) is 17.8 Å². The average molecular weight is 332 g/mol. The van der Waals surface area contributed by atoms with Gasteiger partial charge in [-0.15, -0.1) is 0 Å². The van der Waals surface area contributed by atoms with E-state index in [9.17, 15) is 14.9 Å². The van der Waals surface area contributed by atoms with E-state index in [4.69, 9.17) is 0 Å². The monoisotopic (exact) mass is 332 g/mol. The minimum absolute atomic E-state index is 0.120. The van der Waals surface area contributed by atoms with Crippen LogP contribution in [0.3, 0.4) is 0 Å². The van der Waals surface area contributed by atoms with Crippen LogP contribution in [0.15, 0.2) is 54.6 Å². The minimum Gasteiger partial charge on any atom is -0.325 e. The van der Waals surface area contributed by atoms with Crippen LogP contribution in [0.4, 0.5) is 5.69 Å². The number of hydrazine groups is 1. The Morgan fingerprint density at radius 2 is 1.92 bits per heavy atom. The quantitative estimate of drug-likeness (QED) is 0.878. The van der Waals surface area contributed by atoms with Crippen molar-refractivity contribution in [3.8, 4) is 6.07 Å². The number of benzene rings is 2. The van der Waals surface area contributed by atoms with E-state index < -0.39 is 11.5 Å². The van der Waals surface area contributed by atoms with E-state index in [0.717, 1.165) is 11.3 Å². The van der Waals surface area contributed by atoms with Crippen molar-refractivity contribution >= 4 is 17.5 Å². The molecule has 6 heteroatoms. The van der Waals surface area contributed by atoms with Crippen LogP contribution in [0.25, 0.3) is 0 Å². The second-order valence-corrected chi connectivity index (χ2v) is 6.37. The van der Waals surface area contributed by atoms with Gasteiger partial charge in [-0.05, 0) is 30.2 Å². The first-order valence-electron chi connectivity index (χ1n) is 8.07. The fourth-order valence-electron chi connectivity index (χ4n) is 3.66. The summed E-state index contributed by atoms with van der Waals surface area (Å²) in [5, 5.41) is 14.0. The number of hydrogen-bond donors (Lipinski definition) is 2. The number of fused-ring (bicyclic) bond motifs is 2. The molecule has 2 N–H and O–H groups in total. The summed E-state index contributed by atoms with van der Waals surface area (Å²) in [6.45, 7) is 0.270. The Labute approximate surface area is 145 Å². The van der Waals surface area contributed by atoms with Crippen LogP contribution < -0.4 is 10.7 Å². The van der Waals surface area contributed by atoms with Crippen molar-refractivity contribution < 1.29 is 9.59 Å².